The van der Waals surface area contributed by atoms with Crippen molar-refractivity contribution in [3.05, 3.63) is 12.8 Å². The molecule has 0 N–H and O–H groups in total. The lowest BCUT2D eigenvalue weighted by Gasteiger charge is -2.01. The van der Waals surface area contributed by atoms with Gasteiger partial charge in [0.15, 0.2) is 0 Å². The molecule has 3 heteroatoms. The molecule has 0 aliphatic rings. The second-order valence-corrected chi connectivity index (χ2v) is 2.08. The van der Waals surface area contributed by atoms with Gasteiger partial charge in [-0.15, -0.1) is 0 Å². The molecule has 11 heavy (non-hydrogen) atoms. The van der Waals surface area contributed by atoms with Gasteiger partial charge in [0.2, 0.25) is 0 Å². The first kappa shape index (κ1) is 10.0. The van der Waals surface area contributed by atoms with Gasteiger partial charge >= 0.3 is 5.97 Å². The van der Waals surface area contributed by atoms with Crippen molar-refractivity contribution >= 4 is 5.97 Å². The highest BCUT2D eigenvalue weighted by atomic mass is 16.5. The van der Waals surface area contributed by atoms with E-state index in [1.54, 1.807) is 0 Å². The number of carbonyl (C=O) groups is 1. The van der Waals surface area contributed by atoms with Crippen LogP contribution in [0.1, 0.15) is 19.8 Å². The number of carbonyl (C=O) groups excluding carboxylic acids is 1. The minimum absolute atomic E-state index is 0.227. The molecule has 0 radical (unpaired) electrons. The summed E-state index contributed by atoms with van der Waals surface area (Å²) >= 11 is 0. The van der Waals surface area contributed by atoms with E-state index < -0.39 is 0 Å². The molecule has 0 heterocycles. The van der Waals surface area contributed by atoms with Crippen molar-refractivity contribution in [1.29, 1.82) is 0 Å². The molecule has 0 aliphatic heterocycles. The van der Waals surface area contributed by atoms with Gasteiger partial charge in [-0.1, -0.05) is 6.58 Å². The van der Waals surface area contributed by atoms with E-state index in [0.29, 0.717) is 13.2 Å². The van der Waals surface area contributed by atoms with Crippen LogP contribution in [0.3, 0.4) is 0 Å². The highest BCUT2D eigenvalue weighted by Gasteiger charge is 1.91. The van der Waals surface area contributed by atoms with Crippen molar-refractivity contribution in [1.82, 2.24) is 0 Å². The highest BCUT2D eigenvalue weighted by molar-refractivity contribution is 5.65. The van der Waals surface area contributed by atoms with Crippen molar-refractivity contribution in [2.45, 2.75) is 19.8 Å². The van der Waals surface area contributed by atoms with Crippen LogP contribution in [0.25, 0.3) is 0 Å². The molecular formula is C8H14O3. The molecule has 64 valence electrons. The highest BCUT2D eigenvalue weighted by Crippen LogP contribution is 1.91. The van der Waals surface area contributed by atoms with E-state index in [-0.39, 0.29) is 5.97 Å². The van der Waals surface area contributed by atoms with Gasteiger partial charge in [-0.05, 0) is 12.8 Å². The third-order valence-electron chi connectivity index (χ3n) is 1.08. The molecule has 0 atom stereocenters. The standard InChI is InChI=1S/C8H14O3/c1-3-10-6-4-5-7-11-8(2)9/h3H,1,4-7H2,2H3. The fourth-order valence-corrected chi connectivity index (χ4v) is 0.587. The zero-order valence-electron chi connectivity index (χ0n) is 6.84. The Hall–Kier alpha value is -0.990. The Kier molecular flexibility index (Phi) is 6.48. The summed E-state index contributed by atoms with van der Waals surface area (Å²) in [5.41, 5.74) is 0. The van der Waals surface area contributed by atoms with E-state index in [2.05, 4.69) is 6.58 Å². The number of hydrogen-bond acceptors (Lipinski definition) is 3. The van der Waals surface area contributed by atoms with Gasteiger partial charge in [0.25, 0.3) is 0 Å². The third-order valence-corrected chi connectivity index (χ3v) is 1.08. The van der Waals surface area contributed by atoms with Crippen LogP contribution in [0, 0.1) is 0 Å². The number of rotatable bonds is 6. The molecule has 0 saturated carbocycles. The smallest absolute Gasteiger partial charge is 0.302 e. The van der Waals surface area contributed by atoms with Crippen molar-refractivity contribution in [2.75, 3.05) is 13.2 Å². The van der Waals surface area contributed by atoms with Gasteiger partial charge in [0, 0.05) is 6.92 Å². The molecule has 3 nitrogen and oxygen atoms in total. The van der Waals surface area contributed by atoms with Crippen LogP contribution < -0.4 is 0 Å². The van der Waals surface area contributed by atoms with Crippen LogP contribution in [0.4, 0.5) is 0 Å². The summed E-state index contributed by atoms with van der Waals surface area (Å²) in [4.78, 5) is 10.3. The van der Waals surface area contributed by atoms with Gasteiger partial charge < -0.3 is 9.47 Å². The lowest BCUT2D eigenvalue weighted by atomic mass is 10.3. The van der Waals surface area contributed by atoms with Crippen LogP contribution in [0.2, 0.25) is 0 Å². The van der Waals surface area contributed by atoms with E-state index >= 15 is 0 Å². The fraction of sp³-hybridized carbons (Fsp3) is 0.625. The van der Waals surface area contributed by atoms with Crippen molar-refractivity contribution in [2.24, 2.45) is 0 Å². The first-order valence-corrected chi connectivity index (χ1v) is 3.63. The molecule has 0 spiro atoms. The van der Waals surface area contributed by atoms with Crippen LogP contribution in [-0.2, 0) is 14.3 Å². The molecule has 0 bridgehead atoms. The van der Waals surface area contributed by atoms with Gasteiger partial charge in [-0.2, -0.15) is 0 Å². The molecule has 0 aromatic rings. The summed E-state index contributed by atoms with van der Waals surface area (Å²) in [7, 11) is 0. The summed E-state index contributed by atoms with van der Waals surface area (Å²) in [5, 5.41) is 0. The molecule has 0 aliphatic carbocycles. The normalized spacial score (nSPS) is 8.82. The summed E-state index contributed by atoms with van der Waals surface area (Å²) in [5.74, 6) is -0.227. The Morgan fingerprint density at radius 3 is 2.64 bits per heavy atom. The maximum absolute atomic E-state index is 10.3. The summed E-state index contributed by atoms with van der Waals surface area (Å²) < 4.78 is 9.57. The number of esters is 1. The van der Waals surface area contributed by atoms with E-state index in [1.807, 2.05) is 0 Å². The Bertz CT molecular complexity index is 121. The molecular weight excluding hydrogens is 144 g/mol. The van der Waals surface area contributed by atoms with Crippen molar-refractivity contribution in [3.8, 4) is 0 Å². The van der Waals surface area contributed by atoms with Gasteiger partial charge in [-0.3, -0.25) is 4.79 Å². The topological polar surface area (TPSA) is 35.5 Å². The minimum Gasteiger partial charge on any atom is -0.502 e. The maximum atomic E-state index is 10.3. The van der Waals surface area contributed by atoms with E-state index in [4.69, 9.17) is 9.47 Å². The van der Waals surface area contributed by atoms with E-state index in [0.717, 1.165) is 12.8 Å². The molecule has 0 saturated heterocycles. The van der Waals surface area contributed by atoms with Crippen molar-refractivity contribution in [3.63, 3.8) is 0 Å². The molecule has 0 unspecified atom stereocenters. The van der Waals surface area contributed by atoms with Crippen molar-refractivity contribution < 1.29 is 14.3 Å². The quantitative estimate of drug-likeness (QED) is 0.334. The van der Waals surface area contributed by atoms with Gasteiger partial charge in [0.1, 0.15) is 0 Å². The summed E-state index contributed by atoms with van der Waals surface area (Å²) in [6.07, 6.45) is 3.14. The Balaban J connectivity index is 2.90. The van der Waals surface area contributed by atoms with Crippen LogP contribution in [0.15, 0.2) is 12.8 Å². The second kappa shape index (κ2) is 7.12. The average molecular weight is 158 g/mol. The van der Waals surface area contributed by atoms with E-state index in [9.17, 15) is 4.79 Å². The molecule has 0 aromatic heterocycles. The van der Waals surface area contributed by atoms with E-state index in [1.165, 1.54) is 13.2 Å². The molecule has 0 rings (SSSR count). The molecule has 0 fully saturated rings. The van der Waals surface area contributed by atoms with Gasteiger partial charge in [0.05, 0.1) is 19.5 Å². The number of hydrogen-bond donors (Lipinski definition) is 0. The zero-order valence-corrected chi connectivity index (χ0v) is 6.84. The third kappa shape index (κ3) is 9.01. The van der Waals surface area contributed by atoms with Crippen LogP contribution in [-0.4, -0.2) is 19.2 Å². The fourth-order valence-electron chi connectivity index (χ4n) is 0.587. The summed E-state index contributed by atoms with van der Waals surface area (Å²) in [6.45, 7) is 5.93. The average Bonchev–Trinajstić information content (AvgIpc) is 1.96. The molecule has 0 amide bonds. The monoisotopic (exact) mass is 158 g/mol. The predicted molar refractivity (Wildman–Crippen MR) is 42.0 cm³/mol. The zero-order chi connectivity index (χ0) is 8.53. The Morgan fingerprint density at radius 2 is 2.09 bits per heavy atom. The largest absolute Gasteiger partial charge is 0.502 e. The Labute approximate surface area is 67.0 Å². The SMILES string of the molecule is C=COCCCCOC(C)=O. The minimum atomic E-state index is -0.227. The second-order valence-electron chi connectivity index (χ2n) is 2.08. The van der Waals surface area contributed by atoms with Gasteiger partial charge in [-0.25, -0.2) is 0 Å². The lowest BCUT2D eigenvalue weighted by molar-refractivity contribution is -0.141. The predicted octanol–water partition coefficient (Wildman–Crippen LogP) is 1.49. The number of ether oxygens (including phenoxy) is 2. The first-order valence-electron chi connectivity index (χ1n) is 3.63. The summed E-state index contributed by atoms with van der Waals surface area (Å²) in [6, 6.07) is 0. The van der Waals surface area contributed by atoms with Crippen LogP contribution in [0.5, 0.6) is 0 Å². The first-order chi connectivity index (χ1) is 5.27. The maximum Gasteiger partial charge on any atom is 0.302 e. The number of unbranched alkanes of at least 4 members (excludes halogenated alkanes) is 1. The lowest BCUT2D eigenvalue weighted by Crippen LogP contribution is -2.01. The van der Waals surface area contributed by atoms with Crippen LogP contribution >= 0.6 is 0 Å². The molecule has 0 aromatic carbocycles. The Morgan fingerprint density at radius 1 is 1.45 bits per heavy atom.